The van der Waals surface area contributed by atoms with Crippen molar-refractivity contribution in [3.05, 3.63) is 40.8 Å². The maximum atomic E-state index is 13.5. The number of fused-ring (bicyclic) bond motifs is 1. The number of halogens is 1. The summed E-state index contributed by atoms with van der Waals surface area (Å²) in [5.74, 6) is -0.444. The molecule has 0 saturated carbocycles. The summed E-state index contributed by atoms with van der Waals surface area (Å²) in [6.45, 7) is 5.32. The van der Waals surface area contributed by atoms with Crippen molar-refractivity contribution in [1.82, 2.24) is 13.8 Å². The van der Waals surface area contributed by atoms with Crippen molar-refractivity contribution in [2.75, 3.05) is 0 Å². The van der Waals surface area contributed by atoms with Gasteiger partial charge in [0.1, 0.15) is 15.8 Å². The van der Waals surface area contributed by atoms with Crippen molar-refractivity contribution in [2.24, 2.45) is 7.05 Å². The molecule has 0 atom stereocenters. The molecular weight excluding hydrogens is 418 g/mol. The second-order valence-electron chi connectivity index (χ2n) is 7.02. The number of aryl methyl sites for hydroxylation is 3. The number of aromatic nitrogens is 3. The third kappa shape index (κ3) is 3.97. The molecule has 0 bridgehead atoms. The highest BCUT2D eigenvalue weighted by atomic mass is 35.5. The van der Waals surface area contributed by atoms with E-state index in [9.17, 15) is 13.2 Å². The van der Waals surface area contributed by atoms with Gasteiger partial charge in [0.2, 0.25) is 0 Å². The first-order valence-electron chi connectivity index (χ1n) is 8.99. The van der Waals surface area contributed by atoms with Gasteiger partial charge in [-0.2, -0.15) is 5.10 Å². The van der Waals surface area contributed by atoms with Gasteiger partial charge in [-0.15, -0.1) is 0 Å². The van der Waals surface area contributed by atoms with Gasteiger partial charge in [0.05, 0.1) is 17.3 Å². The average molecular weight is 440 g/mol. The van der Waals surface area contributed by atoms with E-state index in [1.54, 1.807) is 32.2 Å². The Balaban J connectivity index is 2.25. The van der Waals surface area contributed by atoms with Crippen molar-refractivity contribution < 1.29 is 23.1 Å². The Labute approximate surface area is 173 Å². The van der Waals surface area contributed by atoms with Crippen LogP contribution < -0.4 is 4.74 Å². The van der Waals surface area contributed by atoms with E-state index in [1.807, 2.05) is 13.8 Å². The summed E-state index contributed by atoms with van der Waals surface area (Å²) < 4.78 is 35.0. The Hall–Kier alpha value is -2.52. The van der Waals surface area contributed by atoms with Gasteiger partial charge in [-0.05, 0) is 44.9 Å². The summed E-state index contributed by atoms with van der Waals surface area (Å²) in [5, 5.41) is 13.8. The number of benzene rings is 1. The monoisotopic (exact) mass is 439 g/mol. The summed E-state index contributed by atoms with van der Waals surface area (Å²) in [6, 6.07) is 5.12. The maximum Gasteiger partial charge on any atom is 0.303 e. The molecule has 10 heteroatoms. The number of ether oxygens (including phenoxy) is 1. The third-order valence-corrected chi connectivity index (χ3v) is 6.79. The van der Waals surface area contributed by atoms with E-state index in [4.69, 9.17) is 21.4 Å². The van der Waals surface area contributed by atoms with Gasteiger partial charge < -0.3 is 9.84 Å². The minimum absolute atomic E-state index is 0.00557. The fraction of sp³-hybridized carbons (Fsp3) is 0.368. The van der Waals surface area contributed by atoms with Gasteiger partial charge in [0, 0.05) is 31.1 Å². The lowest BCUT2D eigenvalue weighted by atomic mass is 10.1. The highest BCUT2D eigenvalue weighted by Gasteiger charge is 2.29. The molecule has 1 N–H and O–H groups in total. The standard InChI is InChI=1S/C19H22ClN3O5S/c1-11(2)28-14-6-7-15-13(5-8-17(24)25)10-23(16(15)9-14)29(26,27)18-12(3)21-22(4)19(18)20/h6-7,9-11H,5,8H2,1-4H3,(H,24,25). The number of hydrogen-bond donors (Lipinski definition) is 1. The first-order valence-corrected chi connectivity index (χ1v) is 10.8. The van der Waals surface area contributed by atoms with Gasteiger partial charge in [-0.25, -0.2) is 12.4 Å². The Kier molecular flexibility index (Phi) is 5.64. The molecule has 0 radical (unpaired) electrons. The van der Waals surface area contributed by atoms with Crippen LogP contribution in [0.5, 0.6) is 5.75 Å². The first-order chi connectivity index (χ1) is 13.5. The van der Waals surface area contributed by atoms with Gasteiger partial charge in [-0.3, -0.25) is 9.48 Å². The lowest BCUT2D eigenvalue weighted by Gasteiger charge is -2.11. The number of rotatable bonds is 7. The van der Waals surface area contributed by atoms with Crippen LogP contribution in [0.1, 0.15) is 31.5 Å². The van der Waals surface area contributed by atoms with Crippen molar-refractivity contribution in [2.45, 2.75) is 44.6 Å². The molecule has 0 aliphatic rings. The zero-order chi connectivity index (χ0) is 21.5. The normalized spacial score (nSPS) is 12.1. The fourth-order valence-electron chi connectivity index (χ4n) is 3.23. The lowest BCUT2D eigenvalue weighted by molar-refractivity contribution is -0.136. The molecule has 8 nitrogen and oxygen atoms in total. The predicted molar refractivity (Wildman–Crippen MR) is 109 cm³/mol. The van der Waals surface area contributed by atoms with Crippen molar-refractivity contribution in [1.29, 1.82) is 0 Å². The molecule has 1 aromatic carbocycles. The summed E-state index contributed by atoms with van der Waals surface area (Å²) in [5.41, 5.74) is 1.28. The van der Waals surface area contributed by atoms with Crippen LogP contribution in [0.2, 0.25) is 5.15 Å². The number of carboxylic acids is 1. The lowest BCUT2D eigenvalue weighted by Crippen LogP contribution is -2.13. The molecule has 29 heavy (non-hydrogen) atoms. The zero-order valence-electron chi connectivity index (χ0n) is 16.5. The van der Waals surface area contributed by atoms with Crippen LogP contribution in [-0.2, 0) is 28.3 Å². The van der Waals surface area contributed by atoms with Crippen LogP contribution in [0, 0.1) is 6.92 Å². The van der Waals surface area contributed by atoms with Crippen molar-refractivity contribution >= 4 is 38.5 Å². The van der Waals surface area contributed by atoms with Crippen LogP contribution in [0.25, 0.3) is 10.9 Å². The largest absolute Gasteiger partial charge is 0.491 e. The van der Waals surface area contributed by atoms with Crippen LogP contribution in [-0.4, -0.2) is 39.4 Å². The van der Waals surface area contributed by atoms with E-state index < -0.39 is 16.0 Å². The quantitative estimate of drug-likeness (QED) is 0.605. The molecule has 2 heterocycles. The fourth-order valence-corrected chi connectivity index (χ4v) is 5.33. The molecule has 156 valence electrons. The summed E-state index contributed by atoms with van der Waals surface area (Å²) in [6.07, 6.45) is 1.44. The van der Waals surface area contributed by atoms with Crippen molar-refractivity contribution in [3.63, 3.8) is 0 Å². The van der Waals surface area contributed by atoms with Crippen LogP contribution in [0.15, 0.2) is 29.3 Å². The molecule has 0 aliphatic carbocycles. The molecule has 2 aromatic heterocycles. The molecule has 0 amide bonds. The smallest absolute Gasteiger partial charge is 0.303 e. The minimum atomic E-state index is -4.07. The summed E-state index contributed by atoms with van der Waals surface area (Å²) in [7, 11) is -2.51. The number of carbonyl (C=O) groups is 1. The third-order valence-electron chi connectivity index (χ3n) is 4.42. The van der Waals surface area contributed by atoms with E-state index in [1.165, 1.54) is 10.9 Å². The van der Waals surface area contributed by atoms with Gasteiger partial charge >= 0.3 is 5.97 Å². The molecule has 0 aliphatic heterocycles. The Morgan fingerprint density at radius 1 is 1.34 bits per heavy atom. The first kappa shape index (κ1) is 21.2. The summed E-state index contributed by atoms with van der Waals surface area (Å²) in [4.78, 5) is 10.9. The number of aliphatic carboxylic acids is 1. The molecule has 0 fully saturated rings. The van der Waals surface area contributed by atoms with Crippen LogP contribution >= 0.6 is 11.6 Å². The van der Waals surface area contributed by atoms with E-state index >= 15 is 0 Å². The van der Waals surface area contributed by atoms with E-state index in [2.05, 4.69) is 5.10 Å². The maximum absolute atomic E-state index is 13.5. The SMILES string of the molecule is Cc1nn(C)c(Cl)c1S(=O)(=O)n1cc(CCC(=O)O)c2ccc(OC(C)C)cc21. The van der Waals surface area contributed by atoms with Crippen LogP contribution in [0.4, 0.5) is 0 Å². The van der Waals surface area contributed by atoms with Crippen LogP contribution in [0.3, 0.4) is 0 Å². The highest BCUT2D eigenvalue weighted by molar-refractivity contribution is 7.90. The molecule has 3 rings (SSSR count). The predicted octanol–water partition coefficient (Wildman–Crippen LogP) is 3.38. The molecule has 0 unspecified atom stereocenters. The average Bonchev–Trinajstić information content (AvgIpc) is 3.09. The van der Waals surface area contributed by atoms with E-state index in [0.717, 1.165) is 3.97 Å². The topological polar surface area (TPSA) is 103 Å². The zero-order valence-corrected chi connectivity index (χ0v) is 18.1. The van der Waals surface area contributed by atoms with E-state index in [-0.39, 0.29) is 34.7 Å². The second-order valence-corrected chi connectivity index (χ2v) is 9.13. The number of nitrogens with zero attached hydrogens (tertiary/aromatic N) is 3. The van der Waals surface area contributed by atoms with Gasteiger partial charge in [0.25, 0.3) is 10.0 Å². The second kappa shape index (κ2) is 7.72. The molecule has 3 aromatic rings. The minimum Gasteiger partial charge on any atom is -0.491 e. The Morgan fingerprint density at radius 3 is 2.59 bits per heavy atom. The van der Waals surface area contributed by atoms with E-state index in [0.29, 0.717) is 22.2 Å². The highest BCUT2D eigenvalue weighted by Crippen LogP contribution is 2.33. The molecular formula is C19H22ClN3O5S. The molecule has 0 spiro atoms. The Morgan fingerprint density at radius 2 is 2.03 bits per heavy atom. The van der Waals surface area contributed by atoms with Crippen molar-refractivity contribution in [3.8, 4) is 5.75 Å². The Bertz CT molecular complexity index is 1190. The number of hydrogen-bond acceptors (Lipinski definition) is 5. The summed E-state index contributed by atoms with van der Waals surface area (Å²) >= 11 is 6.21. The van der Waals surface area contributed by atoms with Gasteiger partial charge in [0.15, 0.2) is 0 Å². The molecule has 0 saturated heterocycles. The van der Waals surface area contributed by atoms with Gasteiger partial charge in [-0.1, -0.05) is 11.6 Å². The number of carboxylic acid groups (broad SMARTS) is 1.